The van der Waals surface area contributed by atoms with E-state index in [1.165, 1.54) is 4.80 Å². The first-order valence-electron chi connectivity index (χ1n) is 10.7. The lowest BCUT2D eigenvalue weighted by Gasteiger charge is -2.08. The molecule has 0 unspecified atom stereocenters. The number of hydrogen-bond donors (Lipinski definition) is 2. The van der Waals surface area contributed by atoms with Gasteiger partial charge in [0.1, 0.15) is 5.75 Å². The molecule has 1 aromatic heterocycles. The van der Waals surface area contributed by atoms with Crippen LogP contribution in [0.25, 0.3) is 11.4 Å². The molecule has 4 aromatic rings. The summed E-state index contributed by atoms with van der Waals surface area (Å²) in [5, 5.41) is 12.6. The molecule has 0 saturated carbocycles. The van der Waals surface area contributed by atoms with Crippen molar-refractivity contribution in [3.63, 3.8) is 0 Å². The fraction of sp³-hybridized carbons (Fsp3) is 0.160. The predicted octanol–water partition coefficient (Wildman–Crippen LogP) is 2.79. The highest BCUT2D eigenvalue weighted by Crippen LogP contribution is 2.14. The molecule has 0 atom stereocenters. The highest BCUT2D eigenvalue weighted by atomic mass is 16.5. The van der Waals surface area contributed by atoms with Crippen LogP contribution in [-0.4, -0.2) is 39.1 Å². The molecule has 0 aliphatic rings. The van der Waals surface area contributed by atoms with E-state index in [-0.39, 0.29) is 12.3 Å². The van der Waals surface area contributed by atoms with Crippen LogP contribution < -0.4 is 15.6 Å². The first-order chi connectivity index (χ1) is 16.6. The molecule has 172 valence electrons. The SMILES string of the molecule is COc1cccc(CCC(=O)NNC(=O)c2ccc(Cn3nnc(-c4ccccc4)n3)cc2)c1. The van der Waals surface area contributed by atoms with Crippen LogP contribution in [-0.2, 0) is 17.8 Å². The van der Waals surface area contributed by atoms with Crippen molar-refractivity contribution >= 4 is 11.8 Å². The van der Waals surface area contributed by atoms with Gasteiger partial charge in [-0.05, 0) is 47.0 Å². The van der Waals surface area contributed by atoms with Crippen LogP contribution >= 0.6 is 0 Å². The maximum Gasteiger partial charge on any atom is 0.269 e. The fourth-order valence-electron chi connectivity index (χ4n) is 3.28. The molecule has 0 fully saturated rings. The molecule has 9 nitrogen and oxygen atoms in total. The van der Waals surface area contributed by atoms with Crippen molar-refractivity contribution in [2.24, 2.45) is 0 Å². The molecule has 0 bridgehead atoms. The Hall–Kier alpha value is -4.53. The molecule has 4 rings (SSSR count). The van der Waals surface area contributed by atoms with E-state index in [0.29, 0.717) is 24.4 Å². The van der Waals surface area contributed by atoms with Crippen LogP contribution in [0.1, 0.15) is 27.9 Å². The van der Waals surface area contributed by atoms with Crippen molar-refractivity contribution in [3.05, 3.63) is 95.6 Å². The molecule has 2 amide bonds. The zero-order valence-electron chi connectivity index (χ0n) is 18.6. The van der Waals surface area contributed by atoms with Gasteiger partial charge in [0.2, 0.25) is 11.7 Å². The Morgan fingerprint density at radius 2 is 1.71 bits per heavy atom. The lowest BCUT2D eigenvalue weighted by Crippen LogP contribution is -2.41. The van der Waals surface area contributed by atoms with Crippen molar-refractivity contribution in [3.8, 4) is 17.1 Å². The maximum absolute atomic E-state index is 12.4. The van der Waals surface area contributed by atoms with Gasteiger partial charge in [0.05, 0.1) is 13.7 Å². The Morgan fingerprint density at radius 3 is 2.47 bits per heavy atom. The summed E-state index contributed by atoms with van der Waals surface area (Å²) in [7, 11) is 1.60. The standard InChI is InChI=1S/C25H24N6O3/c1-34-22-9-5-6-18(16-22)12-15-23(32)26-28-25(33)21-13-10-19(11-14-21)17-31-29-24(27-30-31)20-7-3-2-4-8-20/h2-11,13-14,16H,12,15,17H2,1H3,(H,26,32)(H,28,33). The number of rotatable bonds is 8. The summed E-state index contributed by atoms with van der Waals surface area (Å²) in [5.41, 5.74) is 8.11. The number of nitrogens with one attached hydrogen (secondary N) is 2. The van der Waals surface area contributed by atoms with Crippen LogP contribution in [0.3, 0.4) is 0 Å². The van der Waals surface area contributed by atoms with Crippen molar-refractivity contribution < 1.29 is 14.3 Å². The van der Waals surface area contributed by atoms with Crippen LogP contribution in [0.4, 0.5) is 0 Å². The van der Waals surface area contributed by atoms with Crippen LogP contribution in [0.2, 0.25) is 0 Å². The average Bonchev–Trinajstić information content (AvgIpc) is 3.35. The molecular weight excluding hydrogens is 432 g/mol. The number of nitrogens with zero attached hydrogens (tertiary/aromatic N) is 4. The molecule has 1 heterocycles. The zero-order valence-corrected chi connectivity index (χ0v) is 18.6. The van der Waals surface area contributed by atoms with Crippen molar-refractivity contribution in [2.45, 2.75) is 19.4 Å². The van der Waals surface area contributed by atoms with Gasteiger partial charge in [-0.3, -0.25) is 20.4 Å². The fourth-order valence-corrected chi connectivity index (χ4v) is 3.28. The summed E-state index contributed by atoms with van der Waals surface area (Å²) < 4.78 is 5.18. The molecule has 0 aliphatic carbocycles. The molecule has 0 spiro atoms. The second-order valence-electron chi connectivity index (χ2n) is 7.56. The van der Waals surface area contributed by atoms with E-state index in [9.17, 15) is 9.59 Å². The van der Waals surface area contributed by atoms with Crippen molar-refractivity contribution in [1.29, 1.82) is 0 Å². The Morgan fingerprint density at radius 1 is 0.912 bits per heavy atom. The zero-order chi connectivity index (χ0) is 23.8. The van der Waals surface area contributed by atoms with Gasteiger partial charge in [-0.25, -0.2) is 0 Å². The molecule has 0 saturated heterocycles. The highest BCUT2D eigenvalue weighted by Gasteiger charge is 2.10. The first-order valence-corrected chi connectivity index (χ1v) is 10.7. The summed E-state index contributed by atoms with van der Waals surface area (Å²) in [6.07, 6.45) is 0.776. The van der Waals surface area contributed by atoms with Gasteiger partial charge in [-0.2, -0.15) is 4.80 Å². The maximum atomic E-state index is 12.4. The number of tetrazole rings is 1. The number of aromatic nitrogens is 4. The number of carbonyl (C=O) groups excluding carboxylic acids is 2. The summed E-state index contributed by atoms with van der Waals surface area (Å²) in [6, 6.07) is 24.1. The molecule has 0 radical (unpaired) electrons. The summed E-state index contributed by atoms with van der Waals surface area (Å²) in [6.45, 7) is 0.419. The van der Waals surface area contributed by atoms with Crippen molar-refractivity contribution in [1.82, 2.24) is 31.1 Å². The van der Waals surface area contributed by atoms with Crippen molar-refractivity contribution in [2.75, 3.05) is 7.11 Å². The Bertz CT molecular complexity index is 1260. The number of aryl methyl sites for hydroxylation is 1. The first kappa shape index (κ1) is 22.7. The number of ether oxygens (including phenoxy) is 1. The minimum Gasteiger partial charge on any atom is -0.497 e. The third-order valence-corrected chi connectivity index (χ3v) is 5.12. The smallest absolute Gasteiger partial charge is 0.269 e. The van der Waals surface area contributed by atoms with Gasteiger partial charge >= 0.3 is 0 Å². The molecule has 2 N–H and O–H groups in total. The summed E-state index contributed by atoms with van der Waals surface area (Å²) in [4.78, 5) is 25.9. The van der Waals surface area contributed by atoms with Gasteiger partial charge in [0, 0.05) is 17.5 Å². The van der Waals surface area contributed by atoms with Crippen LogP contribution in [0.15, 0.2) is 78.9 Å². The third kappa shape index (κ3) is 6.04. The summed E-state index contributed by atoms with van der Waals surface area (Å²) >= 11 is 0. The van der Waals surface area contributed by atoms with Gasteiger partial charge in [-0.15, -0.1) is 10.2 Å². The molecule has 3 aromatic carbocycles. The number of hydrogen-bond acceptors (Lipinski definition) is 6. The van der Waals surface area contributed by atoms with E-state index in [0.717, 1.165) is 22.4 Å². The third-order valence-electron chi connectivity index (χ3n) is 5.12. The normalized spacial score (nSPS) is 10.5. The lowest BCUT2D eigenvalue weighted by atomic mass is 10.1. The quantitative estimate of drug-likeness (QED) is 0.395. The molecule has 9 heteroatoms. The minimum absolute atomic E-state index is 0.238. The van der Waals surface area contributed by atoms with E-state index >= 15 is 0 Å². The number of carbonyl (C=O) groups is 2. The average molecular weight is 457 g/mol. The largest absolute Gasteiger partial charge is 0.497 e. The van der Waals surface area contributed by atoms with E-state index in [1.807, 2.05) is 66.7 Å². The van der Waals surface area contributed by atoms with Gasteiger partial charge in [-0.1, -0.05) is 54.6 Å². The number of hydrazine groups is 1. The summed E-state index contributed by atoms with van der Waals surface area (Å²) in [5.74, 6) is 0.621. The lowest BCUT2D eigenvalue weighted by molar-refractivity contribution is -0.121. The predicted molar refractivity (Wildman–Crippen MR) is 126 cm³/mol. The monoisotopic (exact) mass is 456 g/mol. The number of benzene rings is 3. The van der Waals surface area contributed by atoms with Crippen LogP contribution in [0.5, 0.6) is 5.75 Å². The Labute approximate surface area is 196 Å². The second kappa shape index (κ2) is 10.9. The number of amides is 2. The van der Waals surface area contributed by atoms with E-state index in [2.05, 4.69) is 26.3 Å². The highest BCUT2D eigenvalue weighted by molar-refractivity contribution is 5.95. The van der Waals surface area contributed by atoms with E-state index < -0.39 is 5.91 Å². The molecule has 34 heavy (non-hydrogen) atoms. The Balaban J connectivity index is 1.25. The van der Waals surface area contributed by atoms with E-state index in [4.69, 9.17) is 4.74 Å². The van der Waals surface area contributed by atoms with E-state index in [1.54, 1.807) is 19.2 Å². The minimum atomic E-state index is -0.397. The topological polar surface area (TPSA) is 111 Å². The van der Waals surface area contributed by atoms with Crippen LogP contribution in [0, 0.1) is 0 Å². The molecular formula is C25H24N6O3. The second-order valence-corrected chi connectivity index (χ2v) is 7.56. The molecule has 0 aliphatic heterocycles. The van der Waals surface area contributed by atoms with Gasteiger partial charge in [0.15, 0.2) is 0 Å². The number of methoxy groups -OCH3 is 1. The van der Waals surface area contributed by atoms with Gasteiger partial charge < -0.3 is 4.74 Å². The Kier molecular flexibility index (Phi) is 7.24. The van der Waals surface area contributed by atoms with Gasteiger partial charge in [0.25, 0.3) is 5.91 Å².